The Morgan fingerprint density at radius 1 is 0.909 bits per heavy atom. The second-order valence-corrected chi connectivity index (χ2v) is 8.02. The first-order valence-electron chi connectivity index (χ1n) is 10.8. The van der Waals surface area contributed by atoms with Crippen LogP contribution < -0.4 is 11.1 Å². The number of nitrogens with zero attached hydrogens (tertiary/aromatic N) is 4. The van der Waals surface area contributed by atoms with E-state index in [0.29, 0.717) is 0 Å². The molecule has 0 atom stereocenters. The highest BCUT2D eigenvalue weighted by Gasteiger charge is 2.09. The van der Waals surface area contributed by atoms with Gasteiger partial charge in [-0.2, -0.15) is 0 Å². The van der Waals surface area contributed by atoms with Gasteiger partial charge >= 0.3 is 0 Å². The first-order valence-corrected chi connectivity index (χ1v) is 10.8. The highest BCUT2D eigenvalue weighted by atomic mass is 16.3. The van der Waals surface area contributed by atoms with Crippen LogP contribution in [0.2, 0.25) is 0 Å². The molecule has 3 heterocycles. The molecule has 0 aliphatic heterocycles. The molecule has 33 heavy (non-hydrogen) atoms. The molecular weight excluding hydrogens is 412 g/mol. The third-order valence-corrected chi connectivity index (χ3v) is 5.55. The maximum Gasteiger partial charge on any atom is 0.219 e. The Bertz CT molecular complexity index is 1420. The standard InChI is InChI=1S/C26H24N6O/c1-16-15-33-24-7-6-20(11-22(16)24)23-12-25(32-17(2)31-23)28-9-8-18-4-3-5-19(10-18)21-13-29-26(27)30-14-21/h3-7,10-15H,8-9H2,1-2H3,(H2,27,29,30)(H,28,31,32). The lowest BCUT2D eigenvalue weighted by Gasteiger charge is -2.10. The van der Waals surface area contributed by atoms with Crippen molar-refractivity contribution in [2.75, 3.05) is 17.6 Å². The number of anilines is 2. The fraction of sp³-hybridized carbons (Fsp3) is 0.154. The molecular formula is C26H24N6O. The van der Waals surface area contributed by atoms with Crippen LogP contribution in [-0.2, 0) is 6.42 Å². The molecule has 3 N–H and O–H groups in total. The van der Waals surface area contributed by atoms with E-state index in [-0.39, 0.29) is 5.95 Å². The van der Waals surface area contributed by atoms with Gasteiger partial charge < -0.3 is 15.5 Å². The van der Waals surface area contributed by atoms with Crippen molar-refractivity contribution in [2.24, 2.45) is 0 Å². The van der Waals surface area contributed by atoms with Gasteiger partial charge in [0.1, 0.15) is 17.2 Å². The molecule has 0 spiro atoms. The van der Waals surface area contributed by atoms with Gasteiger partial charge in [0.05, 0.1) is 12.0 Å². The van der Waals surface area contributed by atoms with Gasteiger partial charge in [0, 0.05) is 41.5 Å². The van der Waals surface area contributed by atoms with Gasteiger partial charge in [0.15, 0.2) is 0 Å². The summed E-state index contributed by atoms with van der Waals surface area (Å²) in [5.74, 6) is 1.81. The fourth-order valence-corrected chi connectivity index (χ4v) is 3.85. The van der Waals surface area contributed by atoms with Crippen molar-refractivity contribution in [3.63, 3.8) is 0 Å². The van der Waals surface area contributed by atoms with Crippen LogP contribution in [-0.4, -0.2) is 26.5 Å². The Morgan fingerprint density at radius 3 is 2.61 bits per heavy atom. The Morgan fingerprint density at radius 2 is 1.76 bits per heavy atom. The van der Waals surface area contributed by atoms with Gasteiger partial charge in [-0.15, -0.1) is 0 Å². The van der Waals surface area contributed by atoms with Crippen molar-refractivity contribution >= 4 is 22.7 Å². The lowest BCUT2D eigenvalue weighted by Crippen LogP contribution is -2.08. The van der Waals surface area contributed by atoms with E-state index in [1.54, 1.807) is 18.7 Å². The van der Waals surface area contributed by atoms with Gasteiger partial charge in [0.2, 0.25) is 5.95 Å². The predicted molar refractivity (Wildman–Crippen MR) is 131 cm³/mol. The molecule has 0 aliphatic rings. The first-order chi connectivity index (χ1) is 16.0. The Hall–Kier alpha value is -4.26. The molecule has 0 unspecified atom stereocenters. The number of hydrogen-bond donors (Lipinski definition) is 2. The number of rotatable bonds is 6. The zero-order valence-corrected chi connectivity index (χ0v) is 18.5. The molecule has 0 saturated heterocycles. The van der Waals surface area contributed by atoms with Crippen LogP contribution in [0.5, 0.6) is 0 Å². The Labute approximate surface area is 191 Å². The van der Waals surface area contributed by atoms with E-state index in [4.69, 9.17) is 10.2 Å². The zero-order chi connectivity index (χ0) is 22.8. The largest absolute Gasteiger partial charge is 0.464 e. The van der Waals surface area contributed by atoms with Gasteiger partial charge in [-0.05, 0) is 55.2 Å². The summed E-state index contributed by atoms with van der Waals surface area (Å²) in [6.07, 6.45) is 6.12. The normalized spacial score (nSPS) is 11.1. The van der Waals surface area contributed by atoms with E-state index in [9.17, 15) is 0 Å². The Kier molecular flexibility index (Phi) is 5.44. The number of benzene rings is 2. The average Bonchev–Trinajstić information content (AvgIpc) is 3.19. The number of nitrogen functional groups attached to an aromatic ring is 1. The second-order valence-electron chi connectivity index (χ2n) is 8.02. The molecule has 5 rings (SSSR count). The molecule has 164 valence electrons. The van der Waals surface area contributed by atoms with E-state index in [1.165, 1.54) is 5.56 Å². The predicted octanol–water partition coefficient (Wildman–Crippen LogP) is 5.20. The third-order valence-electron chi connectivity index (χ3n) is 5.55. The summed E-state index contributed by atoms with van der Waals surface area (Å²) in [5, 5.41) is 4.55. The summed E-state index contributed by atoms with van der Waals surface area (Å²) in [4.78, 5) is 17.4. The monoisotopic (exact) mass is 436 g/mol. The average molecular weight is 437 g/mol. The van der Waals surface area contributed by atoms with E-state index >= 15 is 0 Å². The van der Waals surface area contributed by atoms with Crippen LogP contribution >= 0.6 is 0 Å². The van der Waals surface area contributed by atoms with E-state index in [1.807, 2.05) is 44.2 Å². The summed E-state index contributed by atoms with van der Waals surface area (Å²) < 4.78 is 5.57. The molecule has 0 fully saturated rings. The Balaban J connectivity index is 1.30. The SMILES string of the molecule is Cc1nc(NCCc2cccc(-c3cnc(N)nc3)c2)cc(-c2ccc3occ(C)c3c2)n1. The molecule has 0 amide bonds. The van der Waals surface area contributed by atoms with Crippen molar-refractivity contribution in [3.05, 3.63) is 84.1 Å². The highest BCUT2D eigenvalue weighted by molar-refractivity contribution is 5.85. The quantitative estimate of drug-likeness (QED) is 0.377. The number of fused-ring (bicyclic) bond motifs is 1. The first kappa shape index (κ1) is 20.6. The van der Waals surface area contributed by atoms with Gasteiger partial charge in [-0.1, -0.05) is 24.3 Å². The van der Waals surface area contributed by atoms with Crippen molar-refractivity contribution in [2.45, 2.75) is 20.3 Å². The number of furan rings is 1. The smallest absolute Gasteiger partial charge is 0.219 e. The van der Waals surface area contributed by atoms with Crippen LogP contribution in [0.15, 0.2) is 71.6 Å². The topological polar surface area (TPSA) is 103 Å². The zero-order valence-electron chi connectivity index (χ0n) is 18.5. The van der Waals surface area contributed by atoms with Crippen molar-refractivity contribution in [1.82, 2.24) is 19.9 Å². The summed E-state index contributed by atoms with van der Waals surface area (Å²) in [6, 6.07) is 16.5. The summed E-state index contributed by atoms with van der Waals surface area (Å²) >= 11 is 0. The van der Waals surface area contributed by atoms with E-state index < -0.39 is 0 Å². The van der Waals surface area contributed by atoms with Gasteiger partial charge in [-0.25, -0.2) is 19.9 Å². The summed E-state index contributed by atoms with van der Waals surface area (Å²) in [7, 11) is 0. The number of aromatic nitrogens is 4. The molecule has 7 heteroatoms. The maximum atomic E-state index is 5.59. The fourth-order valence-electron chi connectivity index (χ4n) is 3.85. The molecule has 0 bridgehead atoms. The molecule has 0 aliphatic carbocycles. The van der Waals surface area contributed by atoms with Crippen LogP contribution in [0.25, 0.3) is 33.4 Å². The summed E-state index contributed by atoms with van der Waals surface area (Å²) in [5.41, 5.74) is 12.7. The minimum Gasteiger partial charge on any atom is -0.464 e. The molecule has 5 aromatic rings. The number of hydrogen-bond acceptors (Lipinski definition) is 7. The highest BCUT2D eigenvalue weighted by Crippen LogP contribution is 2.27. The third kappa shape index (κ3) is 4.52. The second kappa shape index (κ2) is 8.70. The van der Waals surface area contributed by atoms with Crippen LogP contribution in [0.3, 0.4) is 0 Å². The van der Waals surface area contributed by atoms with Crippen molar-refractivity contribution < 1.29 is 4.42 Å². The lowest BCUT2D eigenvalue weighted by atomic mass is 10.0. The van der Waals surface area contributed by atoms with Crippen LogP contribution in [0, 0.1) is 13.8 Å². The number of aryl methyl sites for hydroxylation is 2. The van der Waals surface area contributed by atoms with Crippen molar-refractivity contribution in [1.29, 1.82) is 0 Å². The molecule has 3 aromatic heterocycles. The molecule has 7 nitrogen and oxygen atoms in total. The van der Waals surface area contributed by atoms with Gasteiger partial charge in [-0.3, -0.25) is 0 Å². The number of nitrogens with two attached hydrogens (primary N) is 1. The number of nitrogens with one attached hydrogen (secondary N) is 1. The molecule has 0 saturated carbocycles. The maximum absolute atomic E-state index is 5.59. The molecule has 2 aromatic carbocycles. The van der Waals surface area contributed by atoms with Crippen LogP contribution in [0.1, 0.15) is 17.0 Å². The van der Waals surface area contributed by atoms with Gasteiger partial charge in [0.25, 0.3) is 0 Å². The molecule has 0 radical (unpaired) electrons. The summed E-state index contributed by atoms with van der Waals surface area (Å²) in [6.45, 7) is 4.70. The van der Waals surface area contributed by atoms with Crippen LogP contribution in [0.4, 0.5) is 11.8 Å². The minimum atomic E-state index is 0.276. The van der Waals surface area contributed by atoms with E-state index in [0.717, 1.165) is 63.5 Å². The lowest BCUT2D eigenvalue weighted by molar-refractivity contribution is 0.613. The van der Waals surface area contributed by atoms with Crippen molar-refractivity contribution in [3.8, 4) is 22.4 Å². The minimum absolute atomic E-state index is 0.276. The van der Waals surface area contributed by atoms with E-state index in [2.05, 4.69) is 43.5 Å².